The highest BCUT2D eigenvalue weighted by molar-refractivity contribution is 7.87. The van der Waals surface area contributed by atoms with Crippen LogP contribution in [0, 0.1) is 13.8 Å². The molecule has 1 saturated heterocycles. The van der Waals surface area contributed by atoms with Gasteiger partial charge in [0.2, 0.25) is 0 Å². The predicted molar refractivity (Wildman–Crippen MR) is 115 cm³/mol. The van der Waals surface area contributed by atoms with Gasteiger partial charge < -0.3 is 19.7 Å². The van der Waals surface area contributed by atoms with Gasteiger partial charge in [0, 0.05) is 7.11 Å². The van der Waals surface area contributed by atoms with E-state index in [2.05, 4.69) is 0 Å². The van der Waals surface area contributed by atoms with Gasteiger partial charge in [-0.05, 0) is 38.1 Å². The van der Waals surface area contributed by atoms with Crippen molar-refractivity contribution in [3.8, 4) is 0 Å². The Morgan fingerprint density at radius 3 is 1.79 bits per heavy atom. The number of ether oxygens (including phenoxy) is 2. The molecule has 5 atom stereocenters. The van der Waals surface area contributed by atoms with Gasteiger partial charge in [-0.15, -0.1) is 0 Å². The second-order valence-electron chi connectivity index (χ2n) is 7.64. The molecule has 182 valence electrons. The van der Waals surface area contributed by atoms with Crippen molar-refractivity contribution in [2.45, 2.75) is 54.3 Å². The normalized spacial score (nSPS) is 26.3. The molecule has 1 heterocycles. The zero-order chi connectivity index (χ0) is 24.4. The van der Waals surface area contributed by atoms with E-state index in [0.29, 0.717) is 0 Å². The molecule has 0 amide bonds. The molecule has 0 saturated carbocycles. The van der Waals surface area contributed by atoms with E-state index >= 15 is 0 Å². The third-order valence-corrected chi connectivity index (χ3v) is 7.74. The van der Waals surface area contributed by atoms with E-state index in [0.717, 1.165) is 11.1 Å². The summed E-state index contributed by atoms with van der Waals surface area (Å²) in [4.78, 5) is -0.244. The van der Waals surface area contributed by atoms with Crippen LogP contribution in [-0.4, -0.2) is 71.5 Å². The highest BCUT2D eigenvalue weighted by atomic mass is 32.2. The third kappa shape index (κ3) is 5.97. The average molecular weight is 503 g/mol. The van der Waals surface area contributed by atoms with Gasteiger partial charge in [-0.2, -0.15) is 16.8 Å². The summed E-state index contributed by atoms with van der Waals surface area (Å²) in [5.41, 5.74) is 1.70. The lowest BCUT2D eigenvalue weighted by atomic mass is 9.99. The summed E-state index contributed by atoms with van der Waals surface area (Å²) >= 11 is 0. The molecule has 0 spiro atoms. The largest absolute Gasteiger partial charge is 0.387 e. The van der Waals surface area contributed by atoms with Crippen molar-refractivity contribution in [2.75, 3.05) is 13.7 Å². The monoisotopic (exact) mass is 502 g/mol. The summed E-state index contributed by atoms with van der Waals surface area (Å²) in [5.74, 6) is 0. The summed E-state index contributed by atoms with van der Waals surface area (Å²) in [6.45, 7) is 2.94. The Bertz CT molecular complexity index is 1140. The fourth-order valence-electron chi connectivity index (χ4n) is 3.17. The van der Waals surface area contributed by atoms with E-state index in [1.807, 2.05) is 0 Å². The van der Waals surface area contributed by atoms with Crippen LogP contribution >= 0.6 is 0 Å². The van der Waals surface area contributed by atoms with Crippen LogP contribution in [0.1, 0.15) is 11.1 Å². The first-order valence-corrected chi connectivity index (χ1v) is 12.8. The van der Waals surface area contributed by atoms with E-state index < -0.39 is 57.5 Å². The maximum absolute atomic E-state index is 12.6. The van der Waals surface area contributed by atoms with Crippen molar-refractivity contribution >= 4 is 20.2 Å². The summed E-state index contributed by atoms with van der Waals surface area (Å²) in [6.07, 6.45) is -7.88. The van der Waals surface area contributed by atoms with Gasteiger partial charge in [0.15, 0.2) is 12.4 Å². The lowest BCUT2D eigenvalue weighted by molar-refractivity contribution is -0.286. The van der Waals surface area contributed by atoms with E-state index in [1.165, 1.54) is 31.4 Å². The number of aliphatic hydroxyl groups is 2. The van der Waals surface area contributed by atoms with Crippen molar-refractivity contribution in [2.24, 2.45) is 0 Å². The molecule has 1 aliphatic rings. The molecule has 0 aliphatic carbocycles. The number of aryl methyl sites for hydroxylation is 2. The first kappa shape index (κ1) is 25.7. The Labute approximate surface area is 192 Å². The maximum Gasteiger partial charge on any atom is 0.297 e. The highest BCUT2D eigenvalue weighted by Gasteiger charge is 2.48. The molecule has 10 nitrogen and oxygen atoms in total. The quantitative estimate of drug-likeness (QED) is 0.499. The van der Waals surface area contributed by atoms with Crippen LogP contribution < -0.4 is 0 Å². The summed E-state index contributed by atoms with van der Waals surface area (Å²) in [5, 5.41) is 21.0. The van der Waals surface area contributed by atoms with Gasteiger partial charge >= 0.3 is 0 Å². The molecule has 1 aliphatic heterocycles. The summed E-state index contributed by atoms with van der Waals surface area (Å²) in [7, 11) is -7.31. The number of rotatable bonds is 8. The topological polar surface area (TPSA) is 146 Å². The number of hydrogen-bond acceptors (Lipinski definition) is 10. The Hall–Kier alpha value is -1.90. The van der Waals surface area contributed by atoms with Crippen molar-refractivity contribution in [1.82, 2.24) is 0 Å². The molecular weight excluding hydrogens is 476 g/mol. The zero-order valence-electron chi connectivity index (χ0n) is 18.2. The van der Waals surface area contributed by atoms with Crippen molar-refractivity contribution < 1.29 is 44.9 Å². The number of aliphatic hydroxyl groups excluding tert-OH is 2. The average Bonchev–Trinajstić information content (AvgIpc) is 2.77. The highest BCUT2D eigenvalue weighted by Crippen LogP contribution is 2.28. The van der Waals surface area contributed by atoms with E-state index in [4.69, 9.17) is 17.8 Å². The molecule has 1 fully saturated rings. The van der Waals surface area contributed by atoms with Gasteiger partial charge in [0.25, 0.3) is 20.2 Å². The molecule has 2 aromatic carbocycles. The van der Waals surface area contributed by atoms with Crippen LogP contribution in [-0.2, 0) is 38.1 Å². The molecule has 3 rings (SSSR count). The van der Waals surface area contributed by atoms with Crippen LogP contribution in [0.4, 0.5) is 0 Å². The van der Waals surface area contributed by atoms with Crippen molar-refractivity contribution in [3.05, 3.63) is 59.7 Å². The standard InChI is InChI=1S/C21H26O10S2/c1-13-4-8-15(9-5-13)32(24,25)29-12-17-18(22)19(23)20(21(28-3)30-17)31-33(26,27)16-10-6-14(2)7-11-16/h4-11,17-23H,12H2,1-3H3/t17-,18-,19+,20-,21?/m1/s1. The number of hydrogen-bond donors (Lipinski definition) is 2. The first-order chi connectivity index (χ1) is 15.4. The third-order valence-electron chi connectivity index (χ3n) is 5.12. The lowest BCUT2D eigenvalue weighted by Crippen LogP contribution is -2.60. The molecule has 1 unspecified atom stereocenters. The Morgan fingerprint density at radius 2 is 1.30 bits per heavy atom. The predicted octanol–water partition coefficient (Wildman–Crippen LogP) is 0.876. The van der Waals surface area contributed by atoms with Crippen LogP contribution in [0.5, 0.6) is 0 Å². The molecule has 0 bridgehead atoms. The molecule has 12 heteroatoms. The lowest BCUT2D eigenvalue weighted by Gasteiger charge is -2.41. The molecule has 2 N–H and O–H groups in total. The number of benzene rings is 2. The minimum atomic E-state index is -4.33. The molecular formula is C21H26O10S2. The second-order valence-corrected chi connectivity index (χ2v) is 10.8. The van der Waals surface area contributed by atoms with E-state index in [1.54, 1.807) is 38.1 Å². The summed E-state index contributed by atoms with van der Waals surface area (Å²) in [6, 6.07) is 11.8. The fraction of sp³-hybridized carbons (Fsp3) is 0.429. The minimum Gasteiger partial charge on any atom is -0.387 e. The molecule has 33 heavy (non-hydrogen) atoms. The molecule has 0 aromatic heterocycles. The Balaban J connectivity index is 1.72. The Kier molecular flexibility index (Phi) is 7.91. The smallest absolute Gasteiger partial charge is 0.297 e. The van der Waals surface area contributed by atoms with Crippen molar-refractivity contribution in [1.29, 1.82) is 0 Å². The second kappa shape index (κ2) is 10.2. The van der Waals surface area contributed by atoms with Crippen LogP contribution in [0.15, 0.2) is 58.3 Å². The molecule has 2 aromatic rings. The van der Waals surface area contributed by atoms with Gasteiger partial charge in [-0.3, -0.25) is 8.37 Å². The zero-order valence-corrected chi connectivity index (χ0v) is 19.8. The minimum absolute atomic E-state index is 0.0901. The van der Waals surface area contributed by atoms with Gasteiger partial charge in [-0.1, -0.05) is 35.4 Å². The van der Waals surface area contributed by atoms with Gasteiger partial charge in [0.05, 0.1) is 16.4 Å². The van der Waals surface area contributed by atoms with Gasteiger partial charge in [-0.25, -0.2) is 0 Å². The Morgan fingerprint density at radius 1 is 0.818 bits per heavy atom. The van der Waals surface area contributed by atoms with E-state index in [9.17, 15) is 27.0 Å². The van der Waals surface area contributed by atoms with E-state index in [-0.39, 0.29) is 9.79 Å². The summed E-state index contributed by atoms with van der Waals surface area (Å²) < 4.78 is 70.7. The van der Waals surface area contributed by atoms with Crippen LogP contribution in [0.2, 0.25) is 0 Å². The van der Waals surface area contributed by atoms with Crippen LogP contribution in [0.25, 0.3) is 0 Å². The molecule has 0 radical (unpaired) electrons. The number of methoxy groups -OCH3 is 1. The maximum atomic E-state index is 12.6. The SMILES string of the molecule is COC1O[C@H](COS(=O)(=O)c2ccc(C)cc2)[C@@H](O)[C@H](O)[C@H]1OS(=O)(=O)c1ccc(C)cc1. The van der Waals surface area contributed by atoms with Crippen molar-refractivity contribution in [3.63, 3.8) is 0 Å². The fourth-order valence-corrected chi connectivity index (χ4v) is 5.17. The first-order valence-electron chi connectivity index (χ1n) is 9.95. The van der Waals surface area contributed by atoms with Gasteiger partial charge in [0.1, 0.15) is 18.3 Å². The van der Waals surface area contributed by atoms with Crippen LogP contribution in [0.3, 0.4) is 0 Å².